The third kappa shape index (κ3) is 1.22. The van der Waals surface area contributed by atoms with E-state index in [1.807, 2.05) is 24.6 Å². The minimum absolute atomic E-state index is 0.614. The van der Waals surface area contributed by atoms with Crippen LogP contribution in [0.5, 0.6) is 0 Å². The van der Waals surface area contributed by atoms with Crippen LogP contribution in [0, 0.1) is 6.92 Å². The number of nitrogens with zero attached hydrogens (tertiary/aromatic N) is 4. The number of pyridine rings is 1. The lowest BCUT2D eigenvalue weighted by atomic mass is 10.2. The molecule has 0 amide bonds. The molecule has 0 saturated carbocycles. The van der Waals surface area contributed by atoms with Gasteiger partial charge in [0.1, 0.15) is 5.82 Å². The molecule has 2 N–H and O–H groups in total. The van der Waals surface area contributed by atoms with E-state index in [9.17, 15) is 0 Å². The summed E-state index contributed by atoms with van der Waals surface area (Å²) in [4.78, 5) is 3.92. The first-order valence-electron chi connectivity index (χ1n) is 4.26. The Kier molecular flexibility index (Phi) is 1.92. The summed E-state index contributed by atoms with van der Waals surface area (Å²) < 4.78 is 1.89. The molecule has 0 aliphatic heterocycles. The molecule has 5 nitrogen and oxygen atoms in total. The number of rotatable bonds is 1. The molecule has 0 fully saturated rings. The van der Waals surface area contributed by atoms with E-state index in [1.165, 1.54) is 0 Å². The van der Waals surface area contributed by atoms with Gasteiger partial charge in [0.05, 0.1) is 11.9 Å². The molecule has 0 spiro atoms. The Morgan fingerprint density at radius 1 is 1.36 bits per heavy atom. The standard InChI is InChI=1S/C9H11N5/c1-6-12-13-9(14(6)2)7-3-4-11-5-8(7)10/h3-5H,10H2,1-2H3. The molecule has 0 atom stereocenters. The van der Waals surface area contributed by atoms with Crippen molar-refractivity contribution in [1.82, 2.24) is 19.7 Å². The average molecular weight is 189 g/mol. The number of nitrogen functional groups attached to an aromatic ring is 1. The minimum atomic E-state index is 0.614. The normalized spacial score (nSPS) is 10.4. The molecule has 14 heavy (non-hydrogen) atoms. The lowest BCUT2D eigenvalue weighted by Crippen LogP contribution is -1.98. The van der Waals surface area contributed by atoms with E-state index in [2.05, 4.69) is 15.2 Å². The van der Waals surface area contributed by atoms with Crippen molar-refractivity contribution < 1.29 is 0 Å². The quantitative estimate of drug-likeness (QED) is 0.719. The van der Waals surface area contributed by atoms with E-state index in [-0.39, 0.29) is 0 Å². The molecule has 0 aromatic carbocycles. The Morgan fingerprint density at radius 3 is 2.71 bits per heavy atom. The molecule has 0 aliphatic carbocycles. The summed E-state index contributed by atoms with van der Waals surface area (Å²) in [5.74, 6) is 1.62. The molecule has 0 unspecified atom stereocenters. The van der Waals surface area contributed by atoms with Gasteiger partial charge in [-0.15, -0.1) is 10.2 Å². The second-order valence-corrected chi connectivity index (χ2v) is 3.09. The van der Waals surface area contributed by atoms with E-state index in [0.29, 0.717) is 5.69 Å². The highest BCUT2D eigenvalue weighted by molar-refractivity contribution is 5.70. The van der Waals surface area contributed by atoms with Gasteiger partial charge in [0.25, 0.3) is 0 Å². The predicted molar refractivity (Wildman–Crippen MR) is 53.4 cm³/mol. The molecule has 2 heterocycles. The van der Waals surface area contributed by atoms with Crippen molar-refractivity contribution in [3.8, 4) is 11.4 Å². The zero-order chi connectivity index (χ0) is 10.1. The highest BCUT2D eigenvalue weighted by Gasteiger charge is 2.09. The van der Waals surface area contributed by atoms with E-state index >= 15 is 0 Å². The van der Waals surface area contributed by atoms with Crippen LogP contribution in [0.25, 0.3) is 11.4 Å². The van der Waals surface area contributed by atoms with Crippen molar-refractivity contribution in [2.24, 2.45) is 7.05 Å². The van der Waals surface area contributed by atoms with E-state index in [0.717, 1.165) is 17.2 Å². The van der Waals surface area contributed by atoms with Gasteiger partial charge < -0.3 is 10.3 Å². The Bertz CT molecular complexity index is 460. The number of hydrogen-bond donors (Lipinski definition) is 1. The van der Waals surface area contributed by atoms with Crippen LogP contribution in [-0.2, 0) is 7.05 Å². The average Bonchev–Trinajstić information content (AvgIpc) is 2.49. The van der Waals surface area contributed by atoms with Gasteiger partial charge in [0.15, 0.2) is 5.82 Å². The topological polar surface area (TPSA) is 69.6 Å². The third-order valence-electron chi connectivity index (χ3n) is 2.19. The van der Waals surface area contributed by atoms with Gasteiger partial charge in [0.2, 0.25) is 0 Å². The van der Waals surface area contributed by atoms with Crippen molar-refractivity contribution in [3.63, 3.8) is 0 Å². The largest absolute Gasteiger partial charge is 0.397 e. The molecular weight excluding hydrogens is 178 g/mol. The van der Waals surface area contributed by atoms with Gasteiger partial charge in [-0.3, -0.25) is 4.98 Å². The zero-order valence-electron chi connectivity index (χ0n) is 8.10. The molecular formula is C9H11N5. The van der Waals surface area contributed by atoms with E-state index < -0.39 is 0 Å². The monoisotopic (exact) mass is 189 g/mol. The van der Waals surface area contributed by atoms with Crippen molar-refractivity contribution in [1.29, 1.82) is 0 Å². The van der Waals surface area contributed by atoms with Crippen LogP contribution < -0.4 is 5.73 Å². The molecule has 0 radical (unpaired) electrons. The molecule has 0 aliphatic rings. The summed E-state index contributed by atoms with van der Waals surface area (Å²) in [5.41, 5.74) is 7.26. The van der Waals surface area contributed by atoms with Gasteiger partial charge in [-0.1, -0.05) is 0 Å². The Balaban J connectivity index is 2.60. The first kappa shape index (κ1) is 8.68. The van der Waals surface area contributed by atoms with Crippen LogP contribution in [0.2, 0.25) is 0 Å². The Labute approximate surface area is 81.6 Å². The second-order valence-electron chi connectivity index (χ2n) is 3.09. The lowest BCUT2D eigenvalue weighted by Gasteiger charge is -2.03. The first-order valence-corrected chi connectivity index (χ1v) is 4.26. The smallest absolute Gasteiger partial charge is 0.165 e. The van der Waals surface area contributed by atoms with Gasteiger partial charge in [-0.25, -0.2) is 0 Å². The van der Waals surface area contributed by atoms with Crippen molar-refractivity contribution in [2.45, 2.75) is 6.92 Å². The van der Waals surface area contributed by atoms with E-state index in [4.69, 9.17) is 5.73 Å². The van der Waals surface area contributed by atoms with Crippen LogP contribution in [0.15, 0.2) is 18.5 Å². The highest BCUT2D eigenvalue weighted by atomic mass is 15.3. The summed E-state index contributed by atoms with van der Waals surface area (Å²) >= 11 is 0. The number of aryl methyl sites for hydroxylation is 1. The van der Waals surface area contributed by atoms with Crippen molar-refractivity contribution in [2.75, 3.05) is 5.73 Å². The summed E-state index contributed by atoms with van der Waals surface area (Å²) in [5, 5.41) is 8.02. The Morgan fingerprint density at radius 2 is 2.14 bits per heavy atom. The maximum atomic E-state index is 5.79. The molecule has 0 saturated heterocycles. The fourth-order valence-electron chi connectivity index (χ4n) is 1.25. The highest BCUT2D eigenvalue weighted by Crippen LogP contribution is 2.22. The molecule has 2 aromatic heterocycles. The van der Waals surface area contributed by atoms with Gasteiger partial charge in [0, 0.05) is 18.8 Å². The number of anilines is 1. The fourth-order valence-corrected chi connectivity index (χ4v) is 1.25. The molecule has 5 heteroatoms. The maximum absolute atomic E-state index is 5.79. The lowest BCUT2D eigenvalue weighted by molar-refractivity contribution is 0.865. The zero-order valence-corrected chi connectivity index (χ0v) is 8.10. The summed E-state index contributed by atoms with van der Waals surface area (Å²) in [7, 11) is 1.91. The molecule has 2 aromatic rings. The summed E-state index contributed by atoms with van der Waals surface area (Å²) in [6.07, 6.45) is 3.30. The molecule has 2 rings (SSSR count). The summed E-state index contributed by atoms with van der Waals surface area (Å²) in [6.45, 7) is 1.90. The van der Waals surface area contributed by atoms with Gasteiger partial charge in [-0.05, 0) is 13.0 Å². The van der Waals surface area contributed by atoms with Crippen LogP contribution in [0.3, 0.4) is 0 Å². The van der Waals surface area contributed by atoms with Crippen molar-refractivity contribution >= 4 is 5.69 Å². The fraction of sp³-hybridized carbons (Fsp3) is 0.222. The van der Waals surface area contributed by atoms with Gasteiger partial charge in [-0.2, -0.15) is 0 Å². The van der Waals surface area contributed by atoms with E-state index in [1.54, 1.807) is 12.4 Å². The first-order chi connectivity index (χ1) is 6.70. The SMILES string of the molecule is Cc1nnc(-c2ccncc2N)n1C. The van der Waals surface area contributed by atoms with Crippen molar-refractivity contribution in [3.05, 3.63) is 24.3 Å². The Hall–Kier alpha value is -1.91. The van der Waals surface area contributed by atoms with Gasteiger partial charge >= 0.3 is 0 Å². The van der Waals surface area contributed by atoms with Crippen LogP contribution >= 0.6 is 0 Å². The number of aromatic nitrogens is 4. The second kappa shape index (κ2) is 3.10. The molecule has 72 valence electrons. The maximum Gasteiger partial charge on any atom is 0.165 e. The number of nitrogens with two attached hydrogens (primary N) is 1. The molecule has 0 bridgehead atoms. The van der Waals surface area contributed by atoms with Crippen LogP contribution in [0.1, 0.15) is 5.82 Å². The minimum Gasteiger partial charge on any atom is -0.397 e. The van der Waals surface area contributed by atoms with Crippen LogP contribution in [0.4, 0.5) is 5.69 Å². The third-order valence-corrected chi connectivity index (χ3v) is 2.19. The predicted octanol–water partition coefficient (Wildman–Crippen LogP) is 0.768. The van der Waals surface area contributed by atoms with Crippen LogP contribution in [-0.4, -0.2) is 19.7 Å². The summed E-state index contributed by atoms with van der Waals surface area (Å²) in [6, 6.07) is 1.83. The number of hydrogen-bond acceptors (Lipinski definition) is 4.